The van der Waals surface area contributed by atoms with Crippen molar-refractivity contribution in [3.63, 3.8) is 0 Å². The predicted octanol–water partition coefficient (Wildman–Crippen LogP) is 3.36. The molecule has 0 aromatic rings. The maximum absolute atomic E-state index is 4.60. The first-order valence-corrected chi connectivity index (χ1v) is 12.1. The van der Waals surface area contributed by atoms with E-state index in [9.17, 15) is 0 Å². The molecule has 0 bridgehead atoms. The molecule has 0 amide bonds. The number of hydrogen-bond acceptors (Lipinski definition) is 1. The van der Waals surface area contributed by atoms with Crippen LogP contribution in [0.3, 0.4) is 0 Å². The highest BCUT2D eigenvalue weighted by molar-refractivity contribution is 6.96. The summed E-state index contributed by atoms with van der Waals surface area (Å²) in [6.07, 6.45) is 1.91. The highest BCUT2D eigenvalue weighted by Crippen LogP contribution is 2.21. The molecule has 1 nitrogen and oxygen atoms in total. The van der Waals surface area contributed by atoms with Crippen molar-refractivity contribution < 1.29 is 0 Å². The molecule has 0 saturated heterocycles. The maximum Gasteiger partial charge on any atom is 0.0704 e. The molecule has 0 saturated carbocycles. The van der Waals surface area contributed by atoms with Gasteiger partial charge < -0.3 is 0 Å². The Morgan fingerprint density at radius 1 is 1.00 bits per heavy atom. The van der Waals surface area contributed by atoms with Gasteiger partial charge in [0, 0.05) is 5.29 Å². The van der Waals surface area contributed by atoms with Crippen LogP contribution in [0.15, 0.2) is 11.1 Å². The molecular weight excluding hydrogens is 190 g/mol. The third kappa shape index (κ3) is 4.60. The van der Waals surface area contributed by atoms with Crippen LogP contribution in [0.4, 0.5) is 0 Å². The van der Waals surface area contributed by atoms with Crippen molar-refractivity contribution in [3.05, 3.63) is 6.08 Å². The van der Waals surface area contributed by atoms with Crippen molar-refractivity contribution in [3.8, 4) is 0 Å². The second kappa shape index (κ2) is 4.40. The molecule has 0 unspecified atom stereocenters. The molecule has 0 fully saturated rings. The van der Waals surface area contributed by atoms with E-state index in [0.29, 0.717) is 5.29 Å². The molecular formula is C10H23NSi2. The number of rotatable bonds is 3. The molecule has 0 aliphatic heterocycles. The lowest BCUT2D eigenvalue weighted by molar-refractivity contribution is 1.13. The summed E-state index contributed by atoms with van der Waals surface area (Å²) in [6.45, 7) is 16.4. The van der Waals surface area contributed by atoms with E-state index in [1.165, 1.54) is 0 Å². The van der Waals surface area contributed by atoms with E-state index in [0.717, 1.165) is 0 Å². The Hall–Kier alpha value is -0.116. The molecule has 0 atom stereocenters. The molecule has 0 aromatic heterocycles. The zero-order chi connectivity index (χ0) is 10.7. The summed E-state index contributed by atoms with van der Waals surface area (Å²) in [5.74, 6) is 3.03. The summed E-state index contributed by atoms with van der Waals surface area (Å²) in [6, 6.07) is 0. The van der Waals surface area contributed by atoms with Crippen molar-refractivity contribution in [2.24, 2.45) is 4.99 Å². The van der Waals surface area contributed by atoms with Gasteiger partial charge in [-0.3, -0.25) is 0 Å². The lowest BCUT2D eigenvalue weighted by atomic mass is 10.7. The van der Waals surface area contributed by atoms with Crippen LogP contribution in [0.1, 0.15) is 6.92 Å². The first kappa shape index (κ1) is 12.9. The first-order valence-electron chi connectivity index (χ1n) is 4.93. The summed E-state index contributed by atoms with van der Waals surface area (Å²) < 4.78 is 0. The van der Waals surface area contributed by atoms with Crippen molar-refractivity contribution in [2.45, 2.75) is 51.5 Å². The Labute approximate surface area is 85.0 Å². The predicted molar refractivity (Wildman–Crippen MR) is 68.2 cm³/mol. The standard InChI is InChI=1S/C10H23NSi2/c1-8-9-11-10(12(2,3)4)13(5,6)7/h8,10H,1-7H3. The van der Waals surface area contributed by atoms with E-state index in [4.69, 9.17) is 0 Å². The second-order valence-corrected chi connectivity index (χ2v) is 16.8. The summed E-state index contributed by atoms with van der Waals surface area (Å²) in [5, 5.41) is 0.594. The molecule has 0 spiro atoms. The van der Waals surface area contributed by atoms with Crippen LogP contribution >= 0.6 is 0 Å². The monoisotopic (exact) mass is 213 g/mol. The van der Waals surface area contributed by atoms with Gasteiger partial charge in [0.05, 0.1) is 16.1 Å². The smallest absolute Gasteiger partial charge is 0.0704 e. The highest BCUT2D eigenvalue weighted by Gasteiger charge is 2.37. The molecule has 0 aromatic carbocycles. The largest absolute Gasteiger partial charge is 0.247 e. The van der Waals surface area contributed by atoms with E-state index in [-0.39, 0.29) is 0 Å². The molecule has 3 heteroatoms. The van der Waals surface area contributed by atoms with Crippen LogP contribution in [0, 0.1) is 0 Å². The fraction of sp³-hybridized carbons (Fsp3) is 0.800. The minimum Gasteiger partial charge on any atom is -0.247 e. The van der Waals surface area contributed by atoms with Gasteiger partial charge in [-0.25, -0.2) is 4.99 Å². The van der Waals surface area contributed by atoms with Crippen molar-refractivity contribution in [1.29, 1.82) is 0 Å². The van der Waals surface area contributed by atoms with Crippen molar-refractivity contribution >= 4 is 22.0 Å². The average molecular weight is 213 g/mol. The molecule has 76 valence electrons. The van der Waals surface area contributed by atoms with Gasteiger partial charge in [0.15, 0.2) is 0 Å². The molecule has 13 heavy (non-hydrogen) atoms. The Balaban J connectivity index is 4.89. The van der Waals surface area contributed by atoms with E-state index in [1.807, 2.05) is 13.0 Å². The van der Waals surface area contributed by atoms with E-state index >= 15 is 0 Å². The molecule has 0 radical (unpaired) electrons. The molecule has 0 aliphatic carbocycles. The van der Waals surface area contributed by atoms with Gasteiger partial charge in [-0.05, 0) is 18.9 Å². The van der Waals surface area contributed by atoms with Gasteiger partial charge >= 0.3 is 0 Å². The van der Waals surface area contributed by atoms with Crippen LogP contribution in [0.25, 0.3) is 0 Å². The van der Waals surface area contributed by atoms with Crippen LogP contribution in [0.5, 0.6) is 0 Å². The summed E-state index contributed by atoms with van der Waals surface area (Å²) in [7, 11) is -2.29. The third-order valence-corrected chi connectivity index (χ3v) is 10.7. The Morgan fingerprint density at radius 2 is 1.38 bits per heavy atom. The number of nitrogens with zero attached hydrogens (tertiary/aromatic N) is 1. The first-order chi connectivity index (χ1) is 5.69. The van der Waals surface area contributed by atoms with Crippen LogP contribution in [-0.4, -0.2) is 27.3 Å². The molecule has 0 aliphatic rings. The third-order valence-electron chi connectivity index (χ3n) is 1.97. The van der Waals surface area contributed by atoms with Gasteiger partial charge in [0.1, 0.15) is 0 Å². The highest BCUT2D eigenvalue weighted by atomic mass is 28.4. The van der Waals surface area contributed by atoms with Crippen molar-refractivity contribution in [2.75, 3.05) is 0 Å². The molecule has 0 N–H and O–H groups in total. The molecule has 0 rings (SSSR count). The quantitative estimate of drug-likeness (QED) is 0.504. The second-order valence-electron chi connectivity index (χ2n) is 5.68. The van der Waals surface area contributed by atoms with Gasteiger partial charge in [0.25, 0.3) is 0 Å². The van der Waals surface area contributed by atoms with E-state index in [2.05, 4.69) is 50.1 Å². The zero-order valence-electron chi connectivity index (χ0n) is 10.1. The van der Waals surface area contributed by atoms with Crippen LogP contribution in [-0.2, 0) is 0 Å². The molecule has 0 heterocycles. The number of hydrogen-bond donors (Lipinski definition) is 0. The summed E-state index contributed by atoms with van der Waals surface area (Å²) >= 11 is 0. The SMILES string of the molecule is CC=C=NC([Si](C)(C)C)[Si](C)(C)C. The minimum atomic E-state index is -1.15. The van der Waals surface area contributed by atoms with Crippen LogP contribution in [0.2, 0.25) is 39.3 Å². The van der Waals surface area contributed by atoms with Crippen molar-refractivity contribution in [1.82, 2.24) is 0 Å². The minimum absolute atomic E-state index is 0.594. The Kier molecular flexibility index (Phi) is 4.36. The topological polar surface area (TPSA) is 12.4 Å². The van der Waals surface area contributed by atoms with Crippen LogP contribution < -0.4 is 0 Å². The Bertz CT molecular complexity index is 200. The summed E-state index contributed by atoms with van der Waals surface area (Å²) in [5.41, 5.74) is 0. The number of aliphatic imine (C=N–C) groups is 1. The normalized spacial score (nSPS) is 12.6. The summed E-state index contributed by atoms with van der Waals surface area (Å²) in [4.78, 5) is 4.60. The Morgan fingerprint density at radius 3 is 1.62 bits per heavy atom. The zero-order valence-corrected chi connectivity index (χ0v) is 12.1. The van der Waals surface area contributed by atoms with Gasteiger partial charge in [0.2, 0.25) is 0 Å². The number of allylic oxidation sites excluding steroid dienone is 1. The lowest BCUT2D eigenvalue weighted by Gasteiger charge is -2.34. The average Bonchev–Trinajstić information content (AvgIpc) is 1.81. The van der Waals surface area contributed by atoms with Gasteiger partial charge in [-0.2, -0.15) is 0 Å². The maximum atomic E-state index is 4.60. The van der Waals surface area contributed by atoms with E-state index in [1.54, 1.807) is 0 Å². The fourth-order valence-corrected chi connectivity index (χ4v) is 13.2. The van der Waals surface area contributed by atoms with E-state index < -0.39 is 16.1 Å². The van der Waals surface area contributed by atoms with Gasteiger partial charge in [-0.1, -0.05) is 39.3 Å². The fourth-order valence-electron chi connectivity index (χ4n) is 1.84. The lowest BCUT2D eigenvalue weighted by Crippen LogP contribution is -2.52. The van der Waals surface area contributed by atoms with Gasteiger partial charge in [-0.15, -0.1) is 0 Å².